The van der Waals surface area contributed by atoms with Crippen molar-refractivity contribution in [3.05, 3.63) is 119 Å². The van der Waals surface area contributed by atoms with Crippen molar-refractivity contribution in [1.29, 1.82) is 0 Å². The fraction of sp³-hybridized carbons (Fsp3) is 0.111. The minimum Gasteiger partial charge on any atom is -0.440 e. The van der Waals surface area contributed by atoms with E-state index in [0.717, 1.165) is 22.6 Å². The zero-order valence-corrected chi connectivity index (χ0v) is 20.2. The van der Waals surface area contributed by atoms with Crippen LogP contribution in [0.2, 0.25) is 0 Å². The van der Waals surface area contributed by atoms with Crippen molar-refractivity contribution in [2.45, 2.75) is 12.7 Å². The van der Waals surface area contributed by atoms with Crippen molar-refractivity contribution in [1.82, 2.24) is 26.2 Å². The second kappa shape index (κ2) is 8.71. The molecule has 0 fully saturated rings. The van der Waals surface area contributed by atoms with Gasteiger partial charge in [-0.3, -0.25) is 9.80 Å². The highest BCUT2D eigenvalue weighted by atomic mass is 32.1. The van der Waals surface area contributed by atoms with Gasteiger partial charge in [0.15, 0.2) is 11.5 Å². The summed E-state index contributed by atoms with van der Waals surface area (Å²) < 4.78 is 12.9. The number of fused-ring (bicyclic) bond motifs is 2. The SMILES string of the molecule is CC1=CC(=S)N2NN(CNC(=O)c3ccc4c(c3)OC(c3ccccc3)(c3ccccc3)O4)C=C2N1. The van der Waals surface area contributed by atoms with E-state index in [1.807, 2.05) is 79.9 Å². The average molecular weight is 498 g/mol. The molecule has 3 aromatic carbocycles. The maximum Gasteiger partial charge on any atom is 0.305 e. The molecule has 0 radical (unpaired) electrons. The molecule has 0 unspecified atom stereocenters. The van der Waals surface area contributed by atoms with E-state index >= 15 is 0 Å². The summed E-state index contributed by atoms with van der Waals surface area (Å²) in [6.45, 7) is 2.17. The molecule has 0 aliphatic carbocycles. The summed E-state index contributed by atoms with van der Waals surface area (Å²) in [4.78, 5) is 13.6. The molecule has 3 heterocycles. The number of allylic oxidation sites excluding steroid dienone is 1. The molecule has 0 atom stereocenters. The van der Waals surface area contributed by atoms with Crippen molar-refractivity contribution in [2.75, 3.05) is 6.67 Å². The third-order valence-corrected chi connectivity index (χ3v) is 6.36. The van der Waals surface area contributed by atoms with Gasteiger partial charge in [0.25, 0.3) is 5.91 Å². The molecule has 0 aromatic heterocycles. The first-order valence-electron chi connectivity index (χ1n) is 11.5. The van der Waals surface area contributed by atoms with Gasteiger partial charge in [-0.15, -0.1) is 5.53 Å². The average Bonchev–Trinajstić information content (AvgIpc) is 3.50. The molecule has 0 saturated carbocycles. The van der Waals surface area contributed by atoms with Crippen LogP contribution in [0.15, 0.2) is 103 Å². The molecule has 8 nitrogen and oxygen atoms in total. The molecule has 3 aromatic rings. The summed E-state index contributed by atoms with van der Waals surface area (Å²) >= 11 is 5.39. The predicted molar refractivity (Wildman–Crippen MR) is 138 cm³/mol. The number of nitrogens with zero attached hydrogens (tertiary/aromatic N) is 2. The van der Waals surface area contributed by atoms with Gasteiger partial charge in [0.05, 0.1) is 6.20 Å². The molecule has 9 heteroatoms. The summed E-state index contributed by atoms with van der Waals surface area (Å²) in [5, 5.41) is 9.63. The first-order chi connectivity index (χ1) is 17.5. The van der Waals surface area contributed by atoms with Crippen LogP contribution in [-0.4, -0.2) is 27.6 Å². The lowest BCUT2D eigenvalue weighted by atomic mass is 9.97. The molecule has 36 heavy (non-hydrogen) atoms. The lowest BCUT2D eigenvalue weighted by Crippen LogP contribution is -2.49. The van der Waals surface area contributed by atoms with Crippen molar-refractivity contribution in [3.8, 4) is 11.5 Å². The van der Waals surface area contributed by atoms with Crippen molar-refractivity contribution >= 4 is 23.1 Å². The van der Waals surface area contributed by atoms with Crippen molar-refractivity contribution in [2.24, 2.45) is 0 Å². The first-order valence-corrected chi connectivity index (χ1v) is 11.9. The quantitative estimate of drug-likeness (QED) is 0.461. The molecule has 3 aliphatic heterocycles. The highest BCUT2D eigenvalue weighted by molar-refractivity contribution is 7.80. The number of hydrogen-bond acceptors (Lipinski definition) is 7. The Hall–Kier alpha value is -4.34. The van der Waals surface area contributed by atoms with Crippen molar-refractivity contribution in [3.63, 3.8) is 0 Å². The van der Waals surface area contributed by atoms with Gasteiger partial charge < -0.3 is 20.1 Å². The minimum absolute atomic E-state index is 0.231. The Morgan fingerprint density at radius 1 is 0.972 bits per heavy atom. The number of hydrogen-bond donors (Lipinski definition) is 3. The summed E-state index contributed by atoms with van der Waals surface area (Å²) in [5.74, 6) is 0.506. The Morgan fingerprint density at radius 2 is 1.64 bits per heavy atom. The topological polar surface area (TPSA) is 78.1 Å². The van der Waals surface area contributed by atoms with E-state index in [9.17, 15) is 4.79 Å². The third-order valence-electron chi connectivity index (χ3n) is 6.06. The third kappa shape index (κ3) is 3.84. The number of rotatable bonds is 5. The van der Waals surface area contributed by atoms with Gasteiger partial charge in [-0.2, -0.15) is 0 Å². The molecule has 3 N–H and O–H groups in total. The number of thiocarbonyl (C=S) groups is 1. The van der Waals surface area contributed by atoms with Gasteiger partial charge in [0, 0.05) is 22.4 Å². The second-order valence-corrected chi connectivity index (χ2v) is 9.01. The lowest BCUT2D eigenvalue weighted by Gasteiger charge is -2.28. The van der Waals surface area contributed by atoms with Crippen LogP contribution in [0.5, 0.6) is 11.5 Å². The predicted octanol–water partition coefficient (Wildman–Crippen LogP) is 3.72. The Kier molecular flexibility index (Phi) is 5.36. The molecule has 180 valence electrons. The Morgan fingerprint density at radius 3 is 2.33 bits per heavy atom. The molecule has 0 spiro atoms. The zero-order valence-electron chi connectivity index (χ0n) is 19.4. The first kappa shape index (κ1) is 22.1. The number of hydrazine groups is 2. The van der Waals surface area contributed by atoms with Crippen molar-refractivity contribution < 1.29 is 14.3 Å². The summed E-state index contributed by atoms with van der Waals surface area (Å²) in [6, 6.07) is 24.8. The normalized spacial score (nSPS) is 17.2. The zero-order chi connectivity index (χ0) is 24.7. The molecule has 3 aliphatic rings. The van der Waals surface area contributed by atoms with Crippen LogP contribution < -0.4 is 25.6 Å². The number of ether oxygens (including phenoxy) is 2. The molecule has 0 bridgehead atoms. The van der Waals surface area contributed by atoms with Crippen LogP contribution >= 0.6 is 12.2 Å². The van der Waals surface area contributed by atoms with Gasteiger partial charge in [-0.05, 0) is 31.2 Å². The molecular formula is C27H23N5O3S. The number of carbonyl (C=O) groups is 1. The highest BCUT2D eigenvalue weighted by Gasteiger charge is 2.45. The molecule has 6 rings (SSSR count). The van der Waals surface area contributed by atoms with Gasteiger partial charge in [0.2, 0.25) is 0 Å². The second-order valence-electron chi connectivity index (χ2n) is 8.59. The highest BCUT2D eigenvalue weighted by Crippen LogP contribution is 2.47. The fourth-order valence-corrected chi connectivity index (χ4v) is 4.68. The molecule has 1 amide bonds. The van der Waals surface area contributed by atoms with Gasteiger partial charge in [-0.1, -0.05) is 72.9 Å². The van der Waals surface area contributed by atoms with E-state index < -0.39 is 5.79 Å². The maximum absolute atomic E-state index is 13.0. The van der Waals surface area contributed by atoms with Crippen LogP contribution in [0.4, 0.5) is 0 Å². The molecule has 0 saturated heterocycles. The summed E-state index contributed by atoms with van der Waals surface area (Å²) in [6.07, 6.45) is 3.70. The summed E-state index contributed by atoms with van der Waals surface area (Å²) in [5.41, 5.74) is 6.27. The van der Waals surface area contributed by atoms with E-state index in [2.05, 4.69) is 16.2 Å². The Balaban J connectivity index is 1.19. The fourth-order valence-electron chi connectivity index (χ4n) is 4.36. The lowest BCUT2D eigenvalue weighted by molar-refractivity contribution is -0.0459. The molecular weight excluding hydrogens is 474 g/mol. The number of amides is 1. The van der Waals surface area contributed by atoms with Crippen LogP contribution in [-0.2, 0) is 5.79 Å². The number of nitrogens with one attached hydrogen (secondary N) is 3. The van der Waals surface area contributed by atoms with Crippen LogP contribution in [0.3, 0.4) is 0 Å². The van der Waals surface area contributed by atoms with E-state index in [1.165, 1.54) is 0 Å². The largest absolute Gasteiger partial charge is 0.440 e. The standard InChI is InChI=1S/C27H23N5O3S/c1-18-14-25(36)32-24(29-18)16-31(30-32)17-28-26(33)19-12-13-22-23(15-19)35-27(34-22,20-8-4-2-5-9-20)21-10-6-3-7-11-21/h2-16,29-30H,17H2,1H3,(H,28,33). The van der Waals surface area contributed by atoms with Crippen LogP contribution in [0.1, 0.15) is 28.4 Å². The smallest absolute Gasteiger partial charge is 0.305 e. The Bertz CT molecular complexity index is 1370. The minimum atomic E-state index is -1.13. The van der Waals surface area contributed by atoms with Gasteiger partial charge >= 0.3 is 5.79 Å². The number of benzene rings is 3. The van der Waals surface area contributed by atoms with E-state index in [4.69, 9.17) is 21.7 Å². The van der Waals surface area contributed by atoms with E-state index in [1.54, 1.807) is 28.2 Å². The summed E-state index contributed by atoms with van der Waals surface area (Å²) in [7, 11) is 0. The van der Waals surface area contributed by atoms with Crippen LogP contribution in [0, 0.1) is 0 Å². The van der Waals surface area contributed by atoms with Gasteiger partial charge in [-0.25, -0.2) is 5.01 Å². The number of carbonyl (C=O) groups excluding carboxylic acids is 1. The Labute approximate surface area is 213 Å². The monoisotopic (exact) mass is 497 g/mol. The van der Waals surface area contributed by atoms with Gasteiger partial charge in [0.1, 0.15) is 17.5 Å². The van der Waals surface area contributed by atoms with Crippen LogP contribution in [0.25, 0.3) is 0 Å². The van der Waals surface area contributed by atoms with E-state index in [-0.39, 0.29) is 12.6 Å². The van der Waals surface area contributed by atoms with E-state index in [0.29, 0.717) is 22.1 Å². The maximum atomic E-state index is 13.0.